The Bertz CT molecular complexity index is 694. The molecule has 0 spiro atoms. The van der Waals surface area contributed by atoms with Crippen LogP contribution in [0.1, 0.15) is 35.8 Å². The number of rotatable bonds is 8. The Kier molecular flexibility index (Phi) is 8.93. The molecule has 2 rings (SSSR count). The zero-order valence-corrected chi connectivity index (χ0v) is 15.8. The summed E-state index contributed by atoms with van der Waals surface area (Å²) in [6.07, 6.45) is -0.688. The van der Waals surface area contributed by atoms with E-state index >= 15 is 0 Å². The Hall–Kier alpha value is -1.59. The van der Waals surface area contributed by atoms with Crippen molar-refractivity contribution in [3.05, 3.63) is 64.7 Å². The molecule has 4 nitrogen and oxygen atoms in total. The molecule has 0 radical (unpaired) electrons. The molecule has 0 heterocycles. The summed E-state index contributed by atoms with van der Waals surface area (Å²) in [5.41, 5.74) is 1.57. The van der Waals surface area contributed by atoms with Crippen LogP contribution in [0.15, 0.2) is 48.5 Å². The number of Topliss-reactive ketones (excluding diaryl/α,β-unsaturated/α-hetero) is 1. The molecule has 0 aliphatic heterocycles. The molecule has 0 bridgehead atoms. The zero-order valence-electron chi connectivity index (χ0n) is 14.2. The standard InChI is InChI=1S/C19H22ClNO3.ClH/c1-13(15-6-5-7-16(20)10-15)21-11-17(23)12-24-19-9-4-3-8-18(19)14(2)22;/h3-10,13,17,21,23H,11-12H2,1-2H3;1H. The smallest absolute Gasteiger partial charge is 0.163 e. The number of ketones is 1. The lowest BCUT2D eigenvalue weighted by Gasteiger charge is -2.18. The van der Waals surface area contributed by atoms with Crippen molar-refractivity contribution in [1.82, 2.24) is 5.32 Å². The van der Waals surface area contributed by atoms with E-state index in [1.165, 1.54) is 6.92 Å². The van der Waals surface area contributed by atoms with Crippen LogP contribution in [0.4, 0.5) is 0 Å². The first-order chi connectivity index (χ1) is 11.5. The number of hydrogen-bond donors (Lipinski definition) is 2. The van der Waals surface area contributed by atoms with Gasteiger partial charge in [0.1, 0.15) is 18.5 Å². The van der Waals surface area contributed by atoms with Crippen LogP contribution in [0.3, 0.4) is 0 Å². The quantitative estimate of drug-likeness (QED) is 0.674. The molecule has 2 aromatic carbocycles. The van der Waals surface area contributed by atoms with Crippen LogP contribution in [-0.4, -0.2) is 30.1 Å². The highest BCUT2D eigenvalue weighted by atomic mass is 35.5. The van der Waals surface area contributed by atoms with Crippen LogP contribution >= 0.6 is 24.0 Å². The highest BCUT2D eigenvalue weighted by Crippen LogP contribution is 2.19. The van der Waals surface area contributed by atoms with Gasteiger partial charge < -0.3 is 15.2 Å². The molecule has 0 fully saturated rings. The molecule has 2 aromatic rings. The monoisotopic (exact) mass is 383 g/mol. The molecule has 2 N–H and O–H groups in total. The van der Waals surface area contributed by atoms with Crippen molar-refractivity contribution >= 4 is 29.8 Å². The van der Waals surface area contributed by atoms with Crippen LogP contribution in [0.2, 0.25) is 5.02 Å². The molecule has 0 amide bonds. The summed E-state index contributed by atoms with van der Waals surface area (Å²) < 4.78 is 5.59. The fraction of sp³-hybridized carbons (Fsp3) is 0.316. The first-order valence-electron chi connectivity index (χ1n) is 7.87. The topological polar surface area (TPSA) is 58.6 Å². The van der Waals surface area contributed by atoms with E-state index in [4.69, 9.17) is 16.3 Å². The molecular formula is C19H23Cl2NO3. The van der Waals surface area contributed by atoms with Gasteiger partial charge in [0.25, 0.3) is 0 Å². The van der Waals surface area contributed by atoms with Crippen molar-refractivity contribution in [2.45, 2.75) is 26.0 Å². The van der Waals surface area contributed by atoms with E-state index in [0.717, 1.165) is 5.56 Å². The maximum Gasteiger partial charge on any atom is 0.163 e. The zero-order chi connectivity index (χ0) is 17.5. The molecule has 136 valence electrons. The molecule has 0 aliphatic rings. The summed E-state index contributed by atoms with van der Waals surface area (Å²) in [7, 11) is 0. The van der Waals surface area contributed by atoms with E-state index in [9.17, 15) is 9.90 Å². The third kappa shape index (κ3) is 6.67. The van der Waals surface area contributed by atoms with Gasteiger partial charge in [-0.05, 0) is 43.7 Å². The van der Waals surface area contributed by atoms with E-state index in [1.807, 2.05) is 31.2 Å². The van der Waals surface area contributed by atoms with Crippen LogP contribution in [0.5, 0.6) is 5.75 Å². The van der Waals surface area contributed by atoms with Crippen LogP contribution in [0.25, 0.3) is 0 Å². The van der Waals surface area contributed by atoms with E-state index in [2.05, 4.69) is 5.32 Å². The van der Waals surface area contributed by atoms with Gasteiger partial charge in [-0.15, -0.1) is 12.4 Å². The van der Waals surface area contributed by atoms with E-state index < -0.39 is 6.10 Å². The lowest BCUT2D eigenvalue weighted by atomic mass is 10.1. The Morgan fingerprint density at radius 2 is 1.96 bits per heavy atom. The number of carbonyl (C=O) groups excluding carboxylic acids is 1. The number of hydrogen-bond acceptors (Lipinski definition) is 4. The second-order valence-corrected chi connectivity index (χ2v) is 6.14. The first kappa shape index (κ1) is 21.5. The minimum absolute atomic E-state index is 0. The predicted octanol–water partition coefficient (Wildman–Crippen LogP) is 4.05. The van der Waals surface area contributed by atoms with Gasteiger partial charge in [-0.2, -0.15) is 0 Å². The summed E-state index contributed by atoms with van der Waals surface area (Å²) in [5.74, 6) is 0.430. The Balaban J connectivity index is 0.00000312. The Morgan fingerprint density at radius 3 is 2.64 bits per heavy atom. The maximum atomic E-state index is 11.5. The van der Waals surface area contributed by atoms with Crippen LogP contribution in [0, 0.1) is 0 Å². The highest BCUT2D eigenvalue weighted by Gasteiger charge is 2.12. The molecular weight excluding hydrogens is 361 g/mol. The fourth-order valence-electron chi connectivity index (χ4n) is 2.33. The van der Waals surface area contributed by atoms with E-state index in [1.54, 1.807) is 24.3 Å². The number of para-hydroxylation sites is 1. The molecule has 0 saturated carbocycles. The molecule has 0 aromatic heterocycles. The SMILES string of the molecule is CC(=O)c1ccccc1OCC(O)CNC(C)c1cccc(Cl)c1.Cl. The van der Waals surface area contributed by atoms with Gasteiger partial charge in [-0.25, -0.2) is 0 Å². The molecule has 25 heavy (non-hydrogen) atoms. The van der Waals surface area contributed by atoms with Gasteiger partial charge in [-0.1, -0.05) is 35.9 Å². The summed E-state index contributed by atoms with van der Waals surface area (Å²) in [5, 5.41) is 14.0. The van der Waals surface area contributed by atoms with E-state index in [0.29, 0.717) is 22.9 Å². The van der Waals surface area contributed by atoms with Crippen molar-refractivity contribution in [3.8, 4) is 5.75 Å². The van der Waals surface area contributed by atoms with Crippen LogP contribution in [-0.2, 0) is 0 Å². The number of nitrogens with one attached hydrogen (secondary N) is 1. The lowest BCUT2D eigenvalue weighted by molar-refractivity contribution is 0.0966. The van der Waals surface area contributed by atoms with Crippen molar-refractivity contribution in [3.63, 3.8) is 0 Å². The number of aliphatic hydroxyl groups excluding tert-OH is 1. The number of carbonyl (C=O) groups is 1. The molecule has 0 saturated heterocycles. The molecule has 6 heteroatoms. The van der Waals surface area contributed by atoms with Crippen molar-refractivity contribution < 1.29 is 14.6 Å². The Morgan fingerprint density at radius 1 is 1.24 bits per heavy atom. The third-order valence-corrected chi connectivity index (χ3v) is 3.94. The first-order valence-corrected chi connectivity index (χ1v) is 8.25. The number of halogens is 2. The summed E-state index contributed by atoms with van der Waals surface area (Å²) in [4.78, 5) is 11.5. The minimum atomic E-state index is -0.688. The number of aliphatic hydroxyl groups is 1. The minimum Gasteiger partial charge on any atom is -0.490 e. The van der Waals surface area contributed by atoms with Gasteiger partial charge >= 0.3 is 0 Å². The summed E-state index contributed by atoms with van der Waals surface area (Å²) >= 11 is 5.98. The third-order valence-electron chi connectivity index (χ3n) is 3.71. The largest absolute Gasteiger partial charge is 0.490 e. The molecule has 2 atom stereocenters. The fourth-order valence-corrected chi connectivity index (χ4v) is 2.53. The van der Waals surface area contributed by atoms with Crippen molar-refractivity contribution in [2.24, 2.45) is 0 Å². The highest BCUT2D eigenvalue weighted by molar-refractivity contribution is 6.30. The van der Waals surface area contributed by atoms with Gasteiger partial charge in [0.15, 0.2) is 5.78 Å². The average molecular weight is 384 g/mol. The average Bonchev–Trinajstić information content (AvgIpc) is 2.58. The maximum absolute atomic E-state index is 11.5. The Labute approximate surface area is 159 Å². The molecule has 0 aliphatic carbocycles. The second kappa shape index (κ2) is 10.4. The van der Waals surface area contributed by atoms with Gasteiger partial charge in [-0.3, -0.25) is 4.79 Å². The summed E-state index contributed by atoms with van der Waals surface area (Å²) in [6, 6.07) is 14.7. The van der Waals surface area contributed by atoms with Crippen molar-refractivity contribution in [1.29, 1.82) is 0 Å². The second-order valence-electron chi connectivity index (χ2n) is 5.70. The number of benzene rings is 2. The predicted molar refractivity (Wildman–Crippen MR) is 103 cm³/mol. The van der Waals surface area contributed by atoms with E-state index in [-0.39, 0.29) is 30.8 Å². The normalized spacial score (nSPS) is 12.8. The van der Waals surface area contributed by atoms with Crippen LogP contribution < -0.4 is 10.1 Å². The van der Waals surface area contributed by atoms with Gasteiger partial charge in [0, 0.05) is 17.6 Å². The van der Waals surface area contributed by atoms with Crippen molar-refractivity contribution in [2.75, 3.05) is 13.2 Å². The number of ether oxygens (including phenoxy) is 1. The van der Waals surface area contributed by atoms with Gasteiger partial charge in [0.2, 0.25) is 0 Å². The summed E-state index contributed by atoms with van der Waals surface area (Å²) in [6.45, 7) is 3.98. The lowest BCUT2D eigenvalue weighted by Crippen LogP contribution is -2.33. The van der Waals surface area contributed by atoms with Gasteiger partial charge in [0.05, 0.1) is 5.56 Å². The molecule has 2 unspecified atom stereocenters.